The Kier molecular flexibility index (Phi) is 21.9. The summed E-state index contributed by atoms with van der Waals surface area (Å²) in [6.45, 7) is 0.353. The molecule has 28 heavy (non-hydrogen) atoms. The molecule has 0 aromatic rings. The average Bonchev–Trinajstić information content (AvgIpc) is 2.65. The number of hydrogen-bond donors (Lipinski definition) is 3. The van der Waals surface area contributed by atoms with Crippen LogP contribution in [-0.4, -0.2) is 27.7 Å². The Morgan fingerprint density at radius 2 is 0.607 bits per heavy atom. The third-order valence-corrected chi connectivity index (χ3v) is 6.51. The molecule has 0 aromatic carbocycles. The monoisotopic (exact) mass is 420 g/mol. The second-order valence-corrected chi connectivity index (χ2v) is 10.3. The summed E-state index contributed by atoms with van der Waals surface area (Å²) in [4.78, 5) is 17.6. The summed E-state index contributed by atoms with van der Waals surface area (Å²) >= 11 is 0. The van der Waals surface area contributed by atoms with Crippen LogP contribution in [0.5, 0.6) is 0 Å². The first kappa shape index (κ1) is 28.1. The van der Waals surface area contributed by atoms with Crippen LogP contribution in [0.1, 0.15) is 135 Å². The Bertz CT molecular complexity index is 343. The Balaban J connectivity index is 3.02. The summed E-state index contributed by atoms with van der Waals surface area (Å²) in [5.74, 6) is 0. The van der Waals surface area contributed by atoms with Crippen LogP contribution in [0.15, 0.2) is 0 Å². The molecule has 0 aromatic heterocycles. The van der Waals surface area contributed by atoms with Crippen LogP contribution < -0.4 is 0 Å². The highest BCUT2D eigenvalue weighted by atomic mass is 31.2. The lowest BCUT2D eigenvalue weighted by Crippen LogP contribution is -1.88. The summed E-state index contributed by atoms with van der Waals surface area (Å²) in [7, 11) is -3.77. The molecule has 0 unspecified atom stereocenters. The van der Waals surface area contributed by atoms with Gasteiger partial charge >= 0.3 is 7.60 Å². The molecule has 0 saturated heterocycles. The van der Waals surface area contributed by atoms with E-state index in [0.717, 1.165) is 19.3 Å². The molecule has 0 spiro atoms. The van der Waals surface area contributed by atoms with E-state index in [1.54, 1.807) is 0 Å². The van der Waals surface area contributed by atoms with E-state index in [0.29, 0.717) is 13.0 Å². The van der Waals surface area contributed by atoms with E-state index >= 15 is 0 Å². The molecule has 0 aliphatic rings. The van der Waals surface area contributed by atoms with Gasteiger partial charge in [-0.25, -0.2) is 0 Å². The highest BCUT2D eigenvalue weighted by Gasteiger charge is 2.10. The van der Waals surface area contributed by atoms with Crippen molar-refractivity contribution in [3.8, 4) is 0 Å². The van der Waals surface area contributed by atoms with E-state index < -0.39 is 7.60 Å². The minimum atomic E-state index is -3.77. The maximum atomic E-state index is 10.7. The number of aliphatic hydroxyl groups excluding tert-OH is 1. The van der Waals surface area contributed by atoms with Crippen molar-refractivity contribution in [2.75, 3.05) is 12.8 Å². The molecule has 4 nitrogen and oxygen atoms in total. The summed E-state index contributed by atoms with van der Waals surface area (Å²) in [5.41, 5.74) is 0. The van der Waals surface area contributed by atoms with Gasteiger partial charge in [0.05, 0.1) is 0 Å². The predicted molar refractivity (Wildman–Crippen MR) is 121 cm³/mol. The zero-order valence-electron chi connectivity index (χ0n) is 18.5. The van der Waals surface area contributed by atoms with Crippen molar-refractivity contribution in [3.05, 3.63) is 0 Å². The van der Waals surface area contributed by atoms with Gasteiger partial charge in [-0.1, -0.05) is 122 Å². The summed E-state index contributed by atoms with van der Waals surface area (Å²) in [6.07, 6.45) is 26.7. The predicted octanol–water partition coefficient (Wildman–Crippen LogP) is 7.35. The van der Waals surface area contributed by atoms with Crippen molar-refractivity contribution in [1.29, 1.82) is 0 Å². The molecule has 0 aliphatic heterocycles. The van der Waals surface area contributed by atoms with E-state index in [-0.39, 0.29) is 6.16 Å². The highest BCUT2D eigenvalue weighted by Crippen LogP contribution is 2.35. The molecule has 5 heteroatoms. The first-order chi connectivity index (χ1) is 13.6. The van der Waals surface area contributed by atoms with Gasteiger partial charge in [-0.2, -0.15) is 0 Å². The molecule has 0 rings (SSSR count). The van der Waals surface area contributed by atoms with Crippen LogP contribution in [-0.2, 0) is 4.57 Å². The largest absolute Gasteiger partial charge is 0.396 e. The van der Waals surface area contributed by atoms with Crippen LogP contribution in [0, 0.1) is 0 Å². The fourth-order valence-corrected chi connectivity index (χ4v) is 4.42. The molecule has 0 radical (unpaired) electrons. The van der Waals surface area contributed by atoms with Crippen molar-refractivity contribution >= 4 is 7.60 Å². The Hall–Kier alpha value is 0.110. The maximum absolute atomic E-state index is 10.7. The highest BCUT2D eigenvalue weighted by molar-refractivity contribution is 7.51. The lowest BCUT2D eigenvalue weighted by molar-refractivity contribution is 0.282. The zero-order valence-corrected chi connectivity index (χ0v) is 19.4. The van der Waals surface area contributed by atoms with Gasteiger partial charge in [-0.15, -0.1) is 0 Å². The van der Waals surface area contributed by atoms with Crippen molar-refractivity contribution in [2.24, 2.45) is 0 Å². The molecular weight excluding hydrogens is 371 g/mol. The molecule has 0 bridgehead atoms. The van der Waals surface area contributed by atoms with Crippen LogP contribution in [0.2, 0.25) is 0 Å². The molecule has 0 fully saturated rings. The van der Waals surface area contributed by atoms with Gasteiger partial charge in [0.1, 0.15) is 0 Å². The Morgan fingerprint density at radius 3 is 0.821 bits per heavy atom. The average molecular weight is 421 g/mol. The second kappa shape index (κ2) is 21.8. The molecule has 0 saturated carbocycles. The summed E-state index contributed by atoms with van der Waals surface area (Å²) in [6, 6.07) is 0. The lowest BCUT2D eigenvalue weighted by Gasteiger charge is -2.05. The van der Waals surface area contributed by atoms with Crippen LogP contribution >= 0.6 is 7.60 Å². The van der Waals surface area contributed by atoms with Crippen LogP contribution in [0.25, 0.3) is 0 Å². The van der Waals surface area contributed by atoms with E-state index in [9.17, 15) is 4.57 Å². The lowest BCUT2D eigenvalue weighted by atomic mass is 10.0. The Morgan fingerprint density at radius 1 is 0.393 bits per heavy atom. The van der Waals surface area contributed by atoms with E-state index in [1.807, 2.05) is 0 Å². The molecule has 0 heterocycles. The van der Waals surface area contributed by atoms with Gasteiger partial charge in [-0.05, 0) is 12.8 Å². The van der Waals surface area contributed by atoms with Gasteiger partial charge in [0.15, 0.2) is 0 Å². The van der Waals surface area contributed by atoms with Crippen molar-refractivity contribution in [2.45, 2.75) is 135 Å². The normalized spacial score (nSPS) is 12.0. The fraction of sp³-hybridized carbons (Fsp3) is 1.00. The van der Waals surface area contributed by atoms with Crippen LogP contribution in [0.3, 0.4) is 0 Å². The molecular formula is C23H49O4P. The van der Waals surface area contributed by atoms with E-state index in [4.69, 9.17) is 14.9 Å². The topological polar surface area (TPSA) is 77.8 Å². The quantitative estimate of drug-likeness (QED) is 0.119. The van der Waals surface area contributed by atoms with Gasteiger partial charge < -0.3 is 14.9 Å². The van der Waals surface area contributed by atoms with Crippen molar-refractivity contribution in [1.82, 2.24) is 0 Å². The maximum Gasteiger partial charge on any atom is 0.325 e. The standard InChI is InChI=1S/C23H49O4P/c24-22-20-18-16-14-12-10-8-6-4-2-1-3-5-7-9-11-13-15-17-19-21-23-28(25,26)27/h24H,1-23H2,(H2,25,26,27). The minimum Gasteiger partial charge on any atom is -0.396 e. The number of hydrogen-bond acceptors (Lipinski definition) is 2. The van der Waals surface area contributed by atoms with E-state index in [1.165, 1.54) is 109 Å². The van der Waals surface area contributed by atoms with E-state index in [2.05, 4.69) is 0 Å². The molecule has 3 N–H and O–H groups in total. The third kappa shape index (κ3) is 26.1. The van der Waals surface area contributed by atoms with Gasteiger partial charge in [-0.3, -0.25) is 4.57 Å². The van der Waals surface area contributed by atoms with Gasteiger partial charge in [0.25, 0.3) is 0 Å². The summed E-state index contributed by atoms with van der Waals surface area (Å²) < 4.78 is 10.7. The number of aliphatic hydroxyl groups is 1. The van der Waals surface area contributed by atoms with Crippen LogP contribution in [0.4, 0.5) is 0 Å². The fourth-order valence-electron chi connectivity index (χ4n) is 3.79. The molecule has 170 valence electrons. The van der Waals surface area contributed by atoms with Gasteiger partial charge in [0, 0.05) is 12.8 Å². The van der Waals surface area contributed by atoms with Crippen molar-refractivity contribution in [3.63, 3.8) is 0 Å². The summed E-state index contributed by atoms with van der Waals surface area (Å²) in [5, 5.41) is 8.73. The number of rotatable bonds is 23. The second-order valence-electron chi connectivity index (χ2n) is 8.54. The minimum absolute atomic E-state index is 0.0547. The molecule has 0 amide bonds. The van der Waals surface area contributed by atoms with Crippen molar-refractivity contribution < 1.29 is 19.5 Å². The number of unbranched alkanes of at least 4 members (excludes halogenated alkanes) is 20. The SMILES string of the molecule is O=P(O)(O)CCCCCCCCCCCCCCCCCCCCCCCO. The molecule has 0 atom stereocenters. The Labute approximate surface area is 175 Å². The third-order valence-electron chi connectivity index (χ3n) is 5.61. The zero-order chi connectivity index (χ0) is 20.8. The molecule has 0 aliphatic carbocycles. The first-order valence-electron chi connectivity index (χ1n) is 12.2. The smallest absolute Gasteiger partial charge is 0.325 e. The van der Waals surface area contributed by atoms with Gasteiger partial charge in [0.2, 0.25) is 0 Å². The first-order valence-corrected chi connectivity index (χ1v) is 14.0.